The fourth-order valence-corrected chi connectivity index (χ4v) is 15.6. The lowest BCUT2D eigenvalue weighted by Crippen LogP contribution is -2.30. The maximum Gasteiger partial charge on any atom is 0.241 e. The summed E-state index contributed by atoms with van der Waals surface area (Å²) in [5.41, 5.74) is 15.2. The molecule has 16 rings (SSSR count). The second-order valence-corrected chi connectivity index (χ2v) is 31.0. The summed E-state index contributed by atoms with van der Waals surface area (Å²) in [7, 11) is 5.07. The summed E-state index contributed by atoms with van der Waals surface area (Å²) in [6.07, 6.45) is 30.9. The zero-order chi connectivity index (χ0) is 73.3. The lowest BCUT2D eigenvalue weighted by molar-refractivity contribution is -0.0286. The van der Waals surface area contributed by atoms with Gasteiger partial charge in [-0.1, -0.05) is 11.3 Å². The van der Waals surface area contributed by atoms with E-state index in [9.17, 15) is 10.2 Å². The van der Waals surface area contributed by atoms with Crippen LogP contribution in [0.3, 0.4) is 0 Å². The van der Waals surface area contributed by atoms with Gasteiger partial charge < -0.3 is 54.5 Å². The minimum atomic E-state index is -0.546. The Labute approximate surface area is 613 Å². The number of aliphatic hydroxyl groups is 2. The van der Waals surface area contributed by atoms with Crippen molar-refractivity contribution < 1.29 is 33.6 Å². The van der Waals surface area contributed by atoms with Crippen molar-refractivity contribution >= 4 is 45.7 Å². The van der Waals surface area contributed by atoms with E-state index in [1.165, 1.54) is 17.0 Å². The quantitative estimate of drug-likeness (QED) is 0.0346. The zero-order valence-electron chi connectivity index (χ0n) is 62.1. The van der Waals surface area contributed by atoms with Gasteiger partial charge in [0.1, 0.15) is 27.4 Å². The van der Waals surface area contributed by atoms with Crippen LogP contribution in [0.15, 0.2) is 96.9 Å². The molecule has 0 radical (unpaired) electrons. The van der Waals surface area contributed by atoms with Gasteiger partial charge in [0.25, 0.3) is 0 Å². The Bertz CT molecular complexity index is 4690. The Kier molecular flexibility index (Phi) is 21.5. The van der Waals surface area contributed by atoms with Gasteiger partial charge in [0.2, 0.25) is 23.7 Å². The van der Waals surface area contributed by atoms with E-state index < -0.39 is 11.1 Å². The first-order chi connectivity index (χ1) is 50.7. The fraction of sp³-hybridized carbons (Fsp3) is 0.520. The summed E-state index contributed by atoms with van der Waals surface area (Å²) < 4.78 is 38.7. The number of fused-ring (bicyclic) bond motifs is 4. The van der Waals surface area contributed by atoms with E-state index >= 15 is 0 Å². The molecule has 12 aromatic rings. The molecule has 6 N–H and O–H groups in total. The highest BCUT2D eigenvalue weighted by Crippen LogP contribution is 2.42. The average Bonchev–Trinajstić information content (AvgIpc) is 1.62. The molecule has 0 spiro atoms. The molecular formula is C75H98N22O7S. The van der Waals surface area contributed by atoms with Gasteiger partial charge in [-0.3, -0.25) is 14.0 Å². The predicted octanol–water partition coefficient (Wildman–Crippen LogP) is 11.4. The normalized spacial score (nSPS) is 19.5. The van der Waals surface area contributed by atoms with Crippen LogP contribution in [0, 0.1) is 13.8 Å². The minimum absolute atomic E-state index is 0.0788. The molecule has 4 atom stereocenters. The number of ether oxygens (including phenoxy) is 4. The number of aliphatic hydroxyl groups excluding tert-OH is 2. The number of rotatable bonds is 23. The molecule has 3 aliphatic carbocycles. The number of aryl methyl sites for hydroxylation is 3. The van der Waals surface area contributed by atoms with Crippen molar-refractivity contribution in [1.29, 1.82) is 0 Å². The Balaban J connectivity index is 0.000000133. The third kappa shape index (κ3) is 15.6. The topological polar surface area (TPSA) is 325 Å². The third-order valence-corrected chi connectivity index (χ3v) is 22.0. The van der Waals surface area contributed by atoms with E-state index in [-0.39, 0.29) is 30.3 Å². The first kappa shape index (κ1) is 72.6. The van der Waals surface area contributed by atoms with Crippen molar-refractivity contribution in [2.24, 2.45) is 0 Å². The molecule has 0 unspecified atom stereocenters. The van der Waals surface area contributed by atoms with Gasteiger partial charge in [0, 0.05) is 138 Å². The molecule has 1 aliphatic heterocycles. The highest BCUT2D eigenvalue weighted by molar-refractivity contribution is 7.11. The number of nitrogens with zero attached hydrogens (tertiary/aromatic N) is 18. The molecule has 3 fully saturated rings. The SMILES string of the molecule is COC[C@H](C)Nc1ncc2c(-c3cnn(C(C)(C)c4nc(C)co4)c3)cc(C3CCC(O)CC3)n2n1.COC[C@H](C)Nc1ncc2c(-c3cnn(C(C)(C)c4nnc(C)s4)c3)cc(C3CCC(O)CC3)n2n1.COC[C@H](C)Nc1ncc2c(-c3cnn(C4COC4)c3)cc([C@H]3CCc4[nH]ccc4C3)n2n1. The summed E-state index contributed by atoms with van der Waals surface area (Å²) >= 11 is 1.59. The molecular weight excluding hydrogens is 1350 g/mol. The molecule has 13 heterocycles. The molecule has 0 aromatic carbocycles. The number of aromatic amines is 1. The van der Waals surface area contributed by atoms with Gasteiger partial charge in [-0.15, -0.1) is 25.5 Å². The molecule has 29 nitrogen and oxygen atoms in total. The first-order valence-corrected chi connectivity index (χ1v) is 37.4. The predicted molar refractivity (Wildman–Crippen MR) is 400 cm³/mol. The van der Waals surface area contributed by atoms with Gasteiger partial charge in [0.05, 0.1) is 111 Å². The van der Waals surface area contributed by atoms with Crippen LogP contribution >= 0.6 is 11.3 Å². The van der Waals surface area contributed by atoms with Crippen LogP contribution in [0.1, 0.15) is 180 Å². The van der Waals surface area contributed by atoms with Crippen molar-refractivity contribution in [3.8, 4) is 33.4 Å². The Morgan fingerprint density at radius 3 is 1.50 bits per heavy atom. The minimum Gasteiger partial charge on any atom is -0.446 e. The molecule has 30 heteroatoms. The van der Waals surface area contributed by atoms with Gasteiger partial charge in [-0.05, 0) is 163 Å². The maximum absolute atomic E-state index is 10.1. The summed E-state index contributed by atoms with van der Waals surface area (Å²) in [6, 6.07) is 9.52. The maximum atomic E-state index is 10.1. The molecule has 4 aliphatic rings. The van der Waals surface area contributed by atoms with E-state index in [0.717, 1.165) is 161 Å². The van der Waals surface area contributed by atoms with E-state index in [4.69, 9.17) is 43.8 Å². The second-order valence-electron chi connectivity index (χ2n) is 29.8. The van der Waals surface area contributed by atoms with Crippen LogP contribution < -0.4 is 16.0 Å². The monoisotopic (exact) mass is 1450 g/mol. The van der Waals surface area contributed by atoms with E-state index in [1.54, 1.807) is 38.9 Å². The molecule has 0 bridgehead atoms. The van der Waals surface area contributed by atoms with Gasteiger partial charge in [-0.2, -0.15) is 15.3 Å². The van der Waals surface area contributed by atoms with Crippen LogP contribution in [0.2, 0.25) is 0 Å². The lowest BCUT2D eigenvalue weighted by atomic mass is 9.85. The summed E-state index contributed by atoms with van der Waals surface area (Å²) in [4.78, 5) is 21.7. The van der Waals surface area contributed by atoms with E-state index in [1.807, 2.05) is 108 Å². The third-order valence-electron chi connectivity index (χ3n) is 20.8. The number of nitrogens with one attached hydrogen (secondary N) is 4. The number of hydrogen-bond donors (Lipinski definition) is 6. The Morgan fingerprint density at radius 2 is 1.06 bits per heavy atom. The van der Waals surface area contributed by atoms with Crippen molar-refractivity contribution in [3.63, 3.8) is 0 Å². The van der Waals surface area contributed by atoms with Crippen LogP contribution in [-0.2, 0) is 42.9 Å². The number of H-pyrrole nitrogens is 1. The molecule has 12 aromatic heterocycles. The highest BCUT2D eigenvalue weighted by atomic mass is 32.1. The summed E-state index contributed by atoms with van der Waals surface area (Å²) in [5.74, 6) is 3.37. The first-order valence-electron chi connectivity index (χ1n) is 36.6. The van der Waals surface area contributed by atoms with E-state index in [2.05, 4.69) is 129 Å². The van der Waals surface area contributed by atoms with Crippen LogP contribution in [0.25, 0.3) is 49.9 Å². The van der Waals surface area contributed by atoms with E-state index in [0.29, 0.717) is 67.4 Å². The van der Waals surface area contributed by atoms with Crippen molar-refractivity contribution in [3.05, 3.63) is 142 Å². The van der Waals surface area contributed by atoms with Crippen molar-refractivity contribution in [2.75, 3.05) is 70.3 Å². The Hall–Kier alpha value is -9.30. The summed E-state index contributed by atoms with van der Waals surface area (Å²) in [6.45, 7) is 21.4. The molecule has 0 amide bonds. The van der Waals surface area contributed by atoms with Crippen LogP contribution in [0.5, 0.6) is 0 Å². The fourth-order valence-electron chi connectivity index (χ4n) is 14.8. The van der Waals surface area contributed by atoms with Crippen molar-refractivity contribution in [2.45, 2.75) is 198 Å². The smallest absolute Gasteiger partial charge is 0.241 e. The number of anilines is 3. The highest BCUT2D eigenvalue weighted by Gasteiger charge is 2.34. The second kappa shape index (κ2) is 31.0. The molecule has 1 saturated heterocycles. The summed E-state index contributed by atoms with van der Waals surface area (Å²) in [5, 5.41) is 69.2. The number of aromatic nitrogens is 19. The van der Waals surface area contributed by atoms with Crippen LogP contribution in [0.4, 0.5) is 17.8 Å². The van der Waals surface area contributed by atoms with Crippen LogP contribution in [-0.4, -0.2) is 188 Å². The number of hydrogen-bond acceptors (Lipinski definition) is 23. The zero-order valence-corrected chi connectivity index (χ0v) is 62.9. The lowest BCUT2D eigenvalue weighted by Gasteiger charge is -2.25. The van der Waals surface area contributed by atoms with Gasteiger partial charge >= 0.3 is 0 Å². The molecule has 2 saturated carbocycles. The average molecular weight is 1450 g/mol. The molecule has 556 valence electrons. The standard InChI is InChI=1S/C26H35N7O3.C25H34N8O2S.C24H29N7O2/c1-16(14-35-5)30-25-27-12-23-21(10-22(33(23)31-25)18-6-8-20(34)9-7-18)19-11-28-32(13-19)26(3,4)24-29-17(2)15-36-24;1-15(14-35-5)28-24-26-12-22-20(10-21(33(22)31-24)17-6-8-19(34)9-7-17)18-11-27-32(13-18)25(3,4)23-30-29-16(2)36-23;1-15(12-32-2)28-24-26-10-23-20(18-9-27-30(11-18)19-13-33-14-19)8-22(31(23)29-24)17-3-4-21-16(7-17)5-6-25-21/h10-13,15-16,18,20,34H,6-9,14H2,1-5H3,(H,30,31);10-13,15,17,19,34H,6-9,14H2,1-5H3,(H,28,31);5-6,8-11,15,17,19,25H,3-4,7,12-14H2,1-2H3,(H,28,29)/t16-,18?,20?;15-,17?,19?;15-,17-/m000/s1. The number of oxazole rings is 1. The largest absolute Gasteiger partial charge is 0.446 e. The number of methoxy groups -OCH3 is 3. The molecule has 105 heavy (non-hydrogen) atoms. The van der Waals surface area contributed by atoms with Crippen molar-refractivity contribution in [1.82, 2.24) is 93.3 Å². The Morgan fingerprint density at radius 1 is 0.590 bits per heavy atom. The van der Waals surface area contributed by atoms with Gasteiger partial charge in [0.15, 0.2) is 0 Å². The van der Waals surface area contributed by atoms with Gasteiger partial charge in [-0.25, -0.2) is 33.5 Å².